The molecule has 1 nitrogen and oxygen atoms in total. The lowest BCUT2D eigenvalue weighted by atomic mass is 9.92. The largest absolute Gasteiger partial charge is 0.462 e. The SMILES string of the molecule is Cc1ccc(C2=Cc3c(ccc(C)c3-c3ccc(-c4ccccc4)cc3)C2)o1. The van der Waals surface area contributed by atoms with Crippen LogP contribution in [0.15, 0.2) is 83.3 Å². The maximum atomic E-state index is 5.87. The van der Waals surface area contributed by atoms with Gasteiger partial charge in [0.05, 0.1) is 0 Å². The molecule has 0 atom stereocenters. The number of aryl methyl sites for hydroxylation is 2. The van der Waals surface area contributed by atoms with Crippen molar-refractivity contribution in [3.63, 3.8) is 0 Å². The fourth-order valence-corrected chi connectivity index (χ4v) is 4.13. The molecule has 0 fully saturated rings. The molecule has 0 saturated heterocycles. The summed E-state index contributed by atoms with van der Waals surface area (Å²) in [5, 5.41) is 0. The molecule has 4 aromatic rings. The van der Waals surface area contributed by atoms with Crippen molar-refractivity contribution in [1.29, 1.82) is 0 Å². The van der Waals surface area contributed by atoms with Gasteiger partial charge in [0.15, 0.2) is 0 Å². The Labute approximate surface area is 166 Å². The third-order valence-electron chi connectivity index (χ3n) is 5.58. The molecule has 1 heterocycles. The molecule has 1 aromatic heterocycles. The predicted octanol–water partition coefficient (Wildman–Crippen LogP) is 7.33. The van der Waals surface area contributed by atoms with Gasteiger partial charge < -0.3 is 4.42 Å². The van der Waals surface area contributed by atoms with Crippen molar-refractivity contribution in [1.82, 2.24) is 0 Å². The number of hydrogen-bond donors (Lipinski definition) is 0. The first kappa shape index (κ1) is 16.8. The van der Waals surface area contributed by atoms with Crippen molar-refractivity contribution >= 4 is 11.6 Å². The highest BCUT2D eigenvalue weighted by Gasteiger charge is 2.21. The fraction of sp³-hybridized carbons (Fsp3) is 0.111. The average molecular weight is 362 g/mol. The van der Waals surface area contributed by atoms with Gasteiger partial charge in [-0.05, 0) is 76.6 Å². The van der Waals surface area contributed by atoms with Crippen LogP contribution in [-0.2, 0) is 6.42 Å². The summed E-state index contributed by atoms with van der Waals surface area (Å²) in [5.74, 6) is 1.94. The quantitative estimate of drug-likeness (QED) is 0.372. The monoisotopic (exact) mass is 362 g/mol. The van der Waals surface area contributed by atoms with E-state index in [0.29, 0.717) is 0 Å². The van der Waals surface area contributed by atoms with E-state index in [-0.39, 0.29) is 0 Å². The van der Waals surface area contributed by atoms with Crippen molar-refractivity contribution in [3.05, 3.63) is 107 Å². The second-order valence-electron chi connectivity index (χ2n) is 7.53. The zero-order chi connectivity index (χ0) is 19.1. The number of allylic oxidation sites excluding steroid dienone is 1. The fourth-order valence-electron chi connectivity index (χ4n) is 4.13. The molecule has 1 aliphatic carbocycles. The Hall–Kier alpha value is -3.32. The number of benzene rings is 3. The lowest BCUT2D eigenvalue weighted by Crippen LogP contribution is -1.91. The molecule has 0 spiro atoms. The van der Waals surface area contributed by atoms with Crippen molar-refractivity contribution in [3.8, 4) is 22.3 Å². The average Bonchev–Trinajstić information content (AvgIpc) is 3.35. The smallest absolute Gasteiger partial charge is 0.130 e. The minimum Gasteiger partial charge on any atom is -0.462 e. The molecule has 1 aliphatic rings. The van der Waals surface area contributed by atoms with E-state index in [0.717, 1.165) is 17.9 Å². The topological polar surface area (TPSA) is 13.1 Å². The molecule has 1 heteroatoms. The van der Waals surface area contributed by atoms with Crippen LogP contribution in [0.25, 0.3) is 33.9 Å². The van der Waals surface area contributed by atoms with Crippen molar-refractivity contribution in [2.24, 2.45) is 0 Å². The standard InChI is InChI=1S/C27H22O/c1-18-8-10-23-16-24(26-15-9-19(2)28-26)17-25(23)27(18)22-13-11-21(12-14-22)20-6-4-3-5-7-20/h3-15,17H,16H2,1-2H3. The normalized spacial score (nSPS) is 12.7. The second kappa shape index (κ2) is 6.69. The Kier molecular flexibility index (Phi) is 4.02. The van der Waals surface area contributed by atoms with Gasteiger partial charge in [-0.15, -0.1) is 0 Å². The summed E-state index contributed by atoms with van der Waals surface area (Å²) in [6, 6.07) is 28.1. The van der Waals surface area contributed by atoms with Crippen molar-refractivity contribution < 1.29 is 4.42 Å². The van der Waals surface area contributed by atoms with Gasteiger partial charge in [-0.1, -0.05) is 66.7 Å². The lowest BCUT2D eigenvalue weighted by Gasteiger charge is -2.12. The van der Waals surface area contributed by atoms with E-state index in [2.05, 4.69) is 85.8 Å². The van der Waals surface area contributed by atoms with Gasteiger partial charge in [0, 0.05) is 6.42 Å². The van der Waals surface area contributed by atoms with E-state index in [4.69, 9.17) is 4.42 Å². The highest BCUT2D eigenvalue weighted by Crippen LogP contribution is 2.40. The van der Waals surface area contributed by atoms with Gasteiger partial charge in [0.2, 0.25) is 0 Å². The molecule has 0 unspecified atom stereocenters. The van der Waals surface area contributed by atoms with E-state index >= 15 is 0 Å². The molecule has 0 bridgehead atoms. The molecule has 5 rings (SSSR count). The molecule has 0 N–H and O–H groups in total. The van der Waals surface area contributed by atoms with Crippen LogP contribution in [0, 0.1) is 13.8 Å². The minimum absolute atomic E-state index is 0.928. The molecular weight excluding hydrogens is 340 g/mol. The summed E-state index contributed by atoms with van der Waals surface area (Å²) in [7, 11) is 0. The zero-order valence-electron chi connectivity index (χ0n) is 16.2. The van der Waals surface area contributed by atoms with E-state index in [9.17, 15) is 0 Å². The summed E-state index contributed by atoms with van der Waals surface area (Å²) in [6.07, 6.45) is 3.23. The van der Waals surface area contributed by atoms with Gasteiger partial charge in [-0.25, -0.2) is 0 Å². The third kappa shape index (κ3) is 2.90. The molecular formula is C27H22O. The van der Waals surface area contributed by atoms with Crippen LogP contribution in [0.4, 0.5) is 0 Å². The first-order chi connectivity index (χ1) is 13.7. The van der Waals surface area contributed by atoms with Crippen LogP contribution < -0.4 is 0 Å². The number of fused-ring (bicyclic) bond motifs is 1. The maximum Gasteiger partial charge on any atom is 0.130 e. The van der Waals surface area contributed by atoms with E-state index < -0.39 is 0 Å². The Balaban J connectivity index is 1.57. The number of rotatable bonds is 3. The number of hydrogen-bond acceptors (Lipinski definition) is 1. The van der Waals surface area contributed by atoms with Crippen LogP contribution >= 0.6 is 0 Å². The zero-order valence-corrected chi connectivity index (χ0v) is 16.2. The van der Waals surface area contributed by atoms with Crippen LogP contribution in [0.5, 0.6) is 0 Å². The van der Waals surface area contributed by atoms with Gasteiger partial charge in [-0.2, -0.15) is 0 Å². The van der Waals surface area contributed by atoms with Gasteiger partial charge in [0.1, 0.15) is 11.5 Å². The first-order valence-electron chi connectivity index (χ1n) is 9.75. The molecule has 3 aromatic carbocycles. The third-order valence-corrected chi connectivity index (χ3v) is 5.58. The Morgan fingerprint density at radius 1 is 0.679 bits per heavy atom. The summed E-state index contributed by atoms with van der Waals surface area (Å²) in [6.45, 7) is 4.19. The lowest BCUT2D eigenvalue weighted by molar-refractivity contribution is 0.521. The Morgan fingerprint density at radius 3 is 2.11 bits per heavy atom. The predicted molar refractivity (Wildman–Crippen MR) is 117 cm³/mol. The highest BCUT2D eigenvalue weighted by atomic mass is 16.3. The van der Waals surface area contributed by atoms with Gasteiger partial charge in [-0.3, -0.25) is 0 Å². The number of furan rings is 1. The van der Waals surface area contributed by atoms with Gasteiger partial charge in [0.25, 0.3) is 0 Å². The molecule has 28 heavy (non-hydrogen) atoms. The van der Waals surface area contributed by atoms with E-state index in [1.807, 2.05) is 13.0 Å². The molecule has 0 amide bonds. The summed E-state index contributed by atoms with van der Waals surface area (Å²) >= 11 is 0. The first-order valence-corrected chi connectivity index (χ1v) is 9.75. The van der Waals surface area contributed by atoms with Crippen LogP contribution in [0.2, 0.25) is 0 Å². The van der Waals surface area contributed by atoms with E-state index in [1.165, 1.54) is 44.5 Å². The summed E-state index contributed by atoms with van der Waals surface area (Å²) < 4.78 is 5.87. The maximum absolute atomic E-state index is 5.87. The highest BCUT2D eigenvalue weighted by molar-refractivity contribution is 5.94. The second-order valence-corrected chi connectivity index (χ2v) is 7.53. The van der Waals surface area contributed by atoms with E-state index in [1.54, 1.807) is 0 Å². The van der Waals surface area contributed by atoms with Crippen molar-refractivity contribution in [2.75, 3.05) is 0 Å². The Morgan fingerprint density at radius 2 is 1.39 bits per heavy atom. The van der Waals surface area contributed by atoms with Crippen LogP contribution in [-0.4, -0.2) is 0 Å². The van der Waals surface area contributed by atoms with Gasteiger partial charge >= 0.3 is 0 Å². The van der Waals surface area contributed by atoms with Crippen LogP contribution in [0.1, 0.15) is 28.2 Å². The van der Waals surface area contributed by atoms with Crippen LogP contribution in [0.3, 0.4) is 0 Å². The molecule has 0 aliphatic heterocycles. The molecule has 0 radical (unpaired) electrons. The molecule has 0 saturated carbocycles. The van der Waals surface area contributed by atoms with Crippen molar-refractivity contribution in [2.45, 2.75) is 20.3 Å². The minimum atomic E-state index is 0.928. The Bertz CT molecular complexity index is 1170. The summed E-state index contributed by atoms with van der Waals surface area (Å²) in [4.78, 5) is 0. The molecule has 136 valence electrons. The summed E-state index contributed by atoms with van der Waals surface area (Å²) in [5.41, 5.74) is 10.4.